The van der Waals surface area contributed by atoms with Crippen molar-refractivity contribution >= 4 is 57.1 Å². The number of alkyl halides is 3. The lowest BCUT2D eigenvalue weighted by atomic mass is 10.3. The summed E-state index contributed by atoms with van der Waals surface area (Å²) in [6.07, 6.45) is 2.88. The number of aromatic nitrogens is 1. The molecule has 3 nitrogen and oxygen atoms in total. The molecule has 7 heteroatoms. The van der Waals surface area contributed by atoms with E-state index in [1.165, 1.54) is 17.4 Å². The first-order chi connectivity index (χ1) is 6.89. The van der Waals surface area contributed by atoms with Crippen molar-refractivity contribution in [2.45, 2.75) is 10.7 Å². The largest absolute Gasteiger partial charge is 0.335 e. The Morgan fingerprint density at radius 1 is 1.60 bits per heavy atom. The summed E-state index contributed by atoms with van der Waals surface area (Å²) in [6.45, 7) is 1.69. The van der Waals surface area contributed by atoms with Crippen molar-refractivity contribution in [1.82, 2.24) is 4.98 Å². The number of anilines is 1. The lowest BCUT2D eigenvalue weighted by Gasteiger charge is -2.07. The van der Waals surface area contributed by atoms with E-state index in [9.17, 15) is 4.79 Å². The fourth-order valence-electron chi connectivity index (χ4n) is 0.768. The van der Waals surface area contributed by atoms with E-state index in [1.54, 1.807) is 13.1 Å². The molecule has 15 heavy (non-hydrogen) atoms. The van der Waals surface area contributed by atoms with Gasteiger partial charge >= 0.3 is 0 Å². The molecule has 0 saturated carbocycles. The number of thiazole rings is 1. The lowest BCUT2D eigenvalue weighted by Crippen LogP contribution is -2.17. The number of hydrogen-bond donors (Lipinski definition) is 1. The molecule has 1 heterocycles. The molecule has 0 saturated heterocycles. The van der Waals surface area contributed by atoms with E-state index in [4.69, 9.17) is 34.8 Å². The summed E-state index contributed by atoms with van der Waals surface area (Å²) in [5.74, 6) is -0.589. The normalized spacial score (nSPS) is 12.7. The highest BCUT2D eigenvalue weighted by atomic mass is 35.6. The van der Waals surface area contributed by atoms with Crippen LogP contribution in [0.15, 0.2) is 23.3 Å². The standard InChI is InChI=1S/C8H7Cl3N2OS/c1-5(4-6(14)8(9,10)11)13-7-12-2-3-15-7/h2-4H,1H3,(H,12,13)/b5-4+. The van der Waals surface area contributed by atoms with Crippen molar-refractivity contribution in [3.63, 3.8) is 0 Å². The van der Waals surface area contributed by atoms with E-state index in [2.05, 4.69) is 10.3 Å². The minimum Gasteiger partial charge on any atom is -0.335 e. The molecule has 0 spiro atoms. The topological polar surface area (TPSA) is 42.0 Å². The first-order valence-electron chi connectivity index (χ1n) is 3.85. The van der Waals surface area contributed by atoms with Gasteiger partial charge in [-0.2, -0.15) is 0 Å². The molecule has 0 unspecified atom stereocenters. The molecular weight excluding hydrogens is 279 g/mol. The van der Waals surface area contributed by atoms with Gasteiger partial charge in [0, 0.05) is 23.3 Å². The van der Waals surface area contributed by atoms with Gasteiger partial charge in [-0.1, -0.05) is 34.8 Å². The highest BCUT2D eigenvalue weighted by molar-refractivity contribution is 7.13. The molecule has 0 aliphatic rings. The minimum atomic E-state index is -1.91. The summed E-state index contributed by atoms with van der Waals surface area (Å²) < 4.78 is -1.91. The summed E-state index contributed by atoms with van der Waals surface area (Å²) >= 11 is 17.6. The lowest BCUT2D eigenvalue weighted by molar-refractivity contribution is -0.113. The SMILES string of the molecule is C/C(=C\C(=O)C(Cl)(Cl)Cl)Nc1nccs1. The number of ketones is 1. The molecule has 0 amide bonds. The molecule has 1 N–H and O–H groups in total. The van der Waals surface area contributed by atoms with Gasteiger partial charge in [0.2, 0.25) is 5.78 Å². The highest BCUT2D eigenvalue weighted by Crippen LogP contribution is 2.28. The van der Waals surface area contributed by atoms with Gasteiger partial charge in [-0.15, -0.1) is 11.3 Å². The molecule has 0 bridgehead atoms. The van der Waals surface area contributed by atoms with Gasteiger partial charge in [-0.3, -0.25) is 4.79 Å². The molecule has 0 aliphatic carbocycles. The maximum Gasteiger partial charge on any atom is 0.252 e. The Labute approximate surface area is 106 Å². The number of nitrogens with one attached hydrogen (secondary N) is 1. The van der Waals surface area contributed by atoms with Crippen LogP contribution in [0, 0.1) is 0 Å². The predicted octanol–water partition coefficient (Wildman–Crippen LogP) is 3.40. The predicted molar refractivity (Wildman–Crippen MR) is 64.8 cm³/mol. The zero-order chi connectivity index (χ0) is 11.5. The number of halogens is 3. The molecule has 1 aromatic heterocycles. The van der Waals surface area contributed by atoms with Crippen LogP contribution < -0.4 is 5.32 Å². The number of allylic oxidation sites excluding steroid dienone is 2. The summed E-state index contributed by atoms with van der Waals surface area (Å²) in [5.41, 5.74) is 0.571. The highest BCUT2D eigenvalue weighted by Gasteiger charge is 2.28. The maximum absolute atomic E-state index is 11.3. The number of hydrogen-bond acceptors (Lipinski definition) is 4. The Hall–Kier alpha value is -0.290. The van der Waals surface area contributed by atoms with Gasteiger partial charge in [0.1, 0.15) is 0 Å². The van der Waals surface area contributed by atoms with Gasteiger partial charge in [0.05, 0.1) is 0 Å². The van der Waals surface area contributed by atoms with Crippen molar-refractivity contribution in [2.24, 2.45) is 0 Å². The number of rotatable bonds is 3. The number of carbonyl (C=O) groups excluding carboxylic acids is 1. The van der Waals surface area contributed by atoms with E-state index in [-0.39, 0.29) is 0 Å². The molecule has 0 fully saturated rings. The summed E-state index contributed by atoms with van der Waals surface area (Å²) in [7, 11) is 0. The van der Waals surface area contributed by atoms with E-state index < -0.39 is 9.58 Å². The first kappa shape index (κ1) is 12.8. The van der Waals surface area contributed by atoms with Crippen LogP contribution in [0.4, 0.5) is 5.13 Å². The van der Waals surface area contributed by atoms with Crippen LogP contribution in [0.25, 0.3) is 0 Å². The monoisotopic (exact) mass is 284 g/mol. The second kappa shape index (κ2) is 5.16. The molecule has 0 atom stereocenters. The third-order valence-corrected chi connectivity index (χ3v) is 2.61. The van der Waals surface area contributed by atoms with E-state index in [0.29, 0.717) is 10.8 Å². The molecule has 1 aromatic rings. The summed E-state index contributed by atoms with van der Waals surface area (Å²) in [5, 5.41) is 5.39. The summed E-state index contributed by atoms with van der Waals surface area (Å²) in [4.78, 5) is 15.3. The third kappa shape index (κ3) is 4.38. The minimum absolute atomic E-state index is 0.571. The van der Waals surface area contributed by atoms with Crippen LogP contribution in [0.5, 0.6) is 0 Å². The quantitative estimate of drug-likeness (QED) is 0.683. The molecular formula is C8H7Cl3N2OS. The average molecular weight is 286 g/mol. The average Bonchev–Trinajstić information content (AvgIpc) is 2.54. The molecule has 82 valence electrons. The van der Waals surface area contributed by atoms with Gasteiger partial charge in [-0.05, 0) is 6.92 Å². The zero-order valence-electron chi connectivity index (χ0n) is 7.63. The zero-order valence-corrected chi connectivity index (χ0v) is 10.7. The van der Waals surface area contributed by atoms with Crippen LogP contribution >= 0.6 is 46.1 Å². The smallest absolute Gasteiger partial charge is 0.252 e. The molecule has 0 aromatic carbocycles. The van der Waals surface area contributed by atoms with Crippen LogP contribution in [0.3, 0.4) is 0 Å². The van der Waals surface area contributed by atoms with Crippen molar-refractivity contribution in [2.75, 3.05) is 5.32 Å². The molecule has 1 rings (SSSR count). The second-order valence-electron chi connectivity index (χ2n) is 2.65. The Balaban J connectivity index is 2.65. The van der Waals surface area contributed by atoms with Gasteiger partial charge in [0.15, 0.2) is 5.13 Å². The van der Waals surface area contributed by atoms with Crippen molar-refractivity contribution < 1.29 is 4.79 Å². The van der Waals surface area contributed by atoms with E-state index in [1.807, 2.05) is 5.38 Å². The van der Waals surface area contributed by atoms with Crippen LogP contribution in [-0.4, -0.2) is 14.6 Å². The van der Waals surface area contributed by atoms with E-state index >= 15 is 0 Å². The Bertz CT molecular complexity index is 370. The third-order valence-electron chi connectivity index (χ3n) is 1.36. The van der Waals surface area contributed by atoms with Gasteiger partial charge in [0.25, 0.3) is 3.79 Å². The fourth-order valence-corrected chi connectivity index (χ4v) is 1.52. The van der Waals surface area contributed by atoms with Crippen molar-refractivity contribution in [3.8, 4) is 0 Å². The number of nitrogens with zero attached hydrogens (tertiary/aromatic N) is 1. The number of carbonyl (C=O) groups is 1. The molecule has 0 aliphatic heterocycles. The Morgan fingerprint density at radius 2 is 2.27 bits per heavy atom. The van der Waals surface area contributed by atoms with Crippen LogP contribution in [0.1, 0.15) is 6.92 Å². The first-order valence-corrected chi connectivity index (χ1v) is 5.87. The van der Waals surface area contributed by atoms with Crippen LogP contribution in [-0.2, 0) is 4.79 Å². The van der Waals surface area contributed by atoms with Crippen molar-refractivity contribution in [1.29, 1.82) is 0 Å². The van der Waals surface area contributed by atoms with E-state index in [0.717, 1.165) is 0 Å². The van der Waals surface area contributed by atoms with Crippen LogP contribution in [0.2, 0.25) is 0 Å². The van der Waals surface area contributed by atoms with Gasteiger partial charge < -0.3 is 5.32 Å². The van der Waals surface area contributed by atoms with Crippen molar-refractivity contribution in [3.05, 3.63) is 23.3 Å². The Morgan fingerprint density at radius 3 is 2.73 bits per heavy atom. The Kier molecular flexibility index (Phi) is 4.40. The fraction of sp³-hybridized carbons (Fsp3) is 0.250. The summed E-state index contributed by atoms with van der Waals surface area (Å²) in [6, 6.07) is 0. The maximum atomic E-state index is 11.3. The molecule has 0 radical (unpaired) electrons. The second-order valence-corrected chi connectivity index (χ2v) is 5.83. The van der Waals surface area contributed by atoms with Gasteiger partial charge in [-0.25, -0.2) is 4.98 Å².